The van der Waals surface area contributed by atoms with Crippen LogP contribution in [0.2, 0.25) is 0 Å². The van der Waals surface area contributed by atoms with Crippen molar-refractivity contribution >= 4 is 23.5 Å². The Bertz CT molecular complexity index is 1140. The molecule has 0 aliphatic carbocycles. The number of thioether (sulfide) groups is 1. The zero-order chi connectivity index (χ0) is 23.9. The van der Waals surface area contributed by atoms with Crippen LogP contribution in [0.1, 0.15) is 63.6 Å². The molecule has 0 radical (unpaired) electrons. The number of ether oxygens (including phenoxy) is 1. The molecule has 1 aliphatic rings. The van der Waals surface area contributed by atoms with Crippen molar-refractivity contribution in [3.63, 3.8) is 0 Å². The highest BCUT2D eigenvalue weighted by atomic mass is 32.2. The average molecular weight is 477 g/mol. The van der Waals surface area contributed by atoms with E-state index in [1.54, 1.807) is 18.7 Å². The Balaban J connectivity index is 1.54. The first-order valence-electron chi connectivity index (χ1n) is 11.9. The molecule has 0 spiro atoms. The van der Waals surface area contributed by atoms with Gasteiger partial charge in [0.2, 0.25) is 11.1 Å². The SMILES string of the molecule is CCCCCCOc1ccc(C2C(C(C)=O)=C(C)Nc3nc(SCc4ccccc4)nn32)cc1. The Morgan fingerprint density at radius 2 is 1.85 bits per heavy atom. The Hall–Kier alpha value is -3.06. The molecule has 0 saturated carbocycles. The van der Waals surface area contributed by atoms with Crippen molar-refractivity contribution in [2.75, 3.05) is 11.9 Å². The summed E-state index contributed by atoms with van der Waals surface area (Å²) in [5.74, 6) is 2.30. The molecule has 7 heteroatoms. The van der Waals surface area contributed by atoms with E-state index in [1.165, 1.54) is 24.8 Å². The zero-order valence-corrected chi connectivity index (χ0v) is 20.9. The first-order valence-corrected chi connectivity index (χ1v) is 12.9. The molecule has 0 saturated heterocycles. The number of rotatable bonds is 11. The van der Waals surface area contributed by atoms with Crippen molar-refractivity contribution in [2.45, 2.75) is 63.4 Å². The van der Waals surface area contributed by atoms with Gasteiger partial charge in [-0.1, -0.05) is 80.4 Å². The fraction of sp³-hybridized carbons (Fsp3) is 0.370. The molecule has 0 fully saturated rings. The summed E-state index contributed by atoms with van der Waals surface area (Å²) in [5, 5.41) is 8.74. The van der Waals surface area contributed by atoms with E-state index in [2.05, 4.69) is 24.4 Å². The van der Waals surface area contributed by atoms with E-state index in [4.69, 9.17) is 14.8 Å². The fourth-order valence-electron chi connectivity index (χ4n) is 4.14. The van der Waals surface area contributed by atoms with Crippen LogP contribution in [0.4, 0.5) is 5.95 Å². The number of unbranched alkanes of at least 4 members (excludes halogenated alkanes) is 3. The van der Waals surface area contributed by atoms with E-state index < -0.39 is 0 Å². The molecule has 1 unspecified atom stereocenters. The van der Waals surface area contributed by atoms with E-state index in [-0.39, 0.29) is 11.8 Å². The van der Waals surface area contributed by atoms with Gasteiger partial charge in [0.25, 0.3) is 0 Å². The molecule has 3 aromatic rings. The number of Topliss-reactive ketones (excluding diaryl/α,β-unsaturated/α-hetero) is 1. The molecule has 178 valence electrons. The van der Waals surface area contributed by atoms with Gasteiger partial charge in [0.05, 0.1) is 6.61 Å². The second-order valence-corrected chi connectivity index (χ2v) is 9.48. The average Bonchev–Trinajstić information content (AvgIpc) is 3.25. The monoisotopic (exact) mass is 476 g/mol. The van der Waals surface area contributed by atoms with Crippen LogP contribution in [-0.2, 0) is 10.5 Å². The number of allylic oxidation sites excluding steroid dienone is 2. The molecule has 0 bridgehead atoms. The van der Waals surface area contributed by atoms with Gasteiger partial charge in [-0.15, -0.1) is 5.10 Å². The molecule has 34 heavy (non-hydrogen) atoms. The van der Waals surface area contributed by atoms with E-state index >= 15 is 0 Å². The number of carbonyl (C=O) groups excluding carboxylic acids is 1. The van der Waals surface area contributed by atoms with Crippen LogP contribution >= 0.6 is 11.8 Å². The second-order valence-electron chi connectivity index (χ2n) is 8.54. The first kappa shape index (κ1) is 24.1. The van der Waals surface area contributed by atoms with Crippen LogP contribution in [0, 0.1) is 0 Å². The maximum atomic E-state index is 12.6. The van der Waals surface area contributed by atoms with Crippen LogP contribution in [0.15, 0.2) is 71.0 Å². The van der Waals surface area contributed by atoms with Crippen molar-refractivity contribution in [3.05, 3.63) is 77.0 Å². The highest BCUT2D eigenvalue weighted by molar-refractivity contribution is 7.98. The predicted octanol–water partition coefficient (Wildman–Crippen LogP) is 6.41. The Morgan fingerprint density at radius 1 is 1.09 bits per heavy atom. The zero-order valence-electron chi connectivity index (χ0n) is 20.1. The molecule has 0 amide bonds. The number of hydrogen-bond acceptors (Lipinski definition) is 6. The number of aromatic nitrogens is 3. The van der Waals surface area contributed by atoms with E-state index in [1.807, 2.05) is 54.1 Å². The maximum Gasteiger partial charge on any atom is 0.227 e. The fourth-order valence-corrected chi connectivity index (χ4v) is 4.93. The summed E-state index contributed by atoms with van der Waals surface area (Å²) in [7, 11) is 0. The number of fused-ring (bicyclic) bond motifs is 1. The second kappa shape index (κ2) is 11.4. The standard InChI is InChI=1S/C27H32N4O2S/c1-4-5-6-10-17-33-23-15-13-22(14-16-23)25-24(20(3)32)19(2)28-26-29-27(30-31(25)26)34-18-21-11-8-7-9-12-21/h7-9,11-16,25H,4-6,10,17-18H2,1-3H3,(H,28,29,30). The summed E-state index contributed by atoms with van der Waals surface area (Å²) >= 11 is 1.59. The van der Waals surface area contributed by atoms with Gasteiger partial charge in [-0.25, -0.2) is 4.68 Å². The molecule has 1 aromatic heterocycles. The third-order valence-electron chi connectivity index (χ3n) is 5.89. The van der Waals surface area contributed by atoms with Gasteiger partial charge in [0, 0.05) is 17.0 Å². The van der Waals surface area contributed by atoms with Crippen LogP contribution in [0.3, 0.4) is 0 Å². The minimum absolute atomic E-state index is 0.0193. The van der Waals surface area contributed by atoms with Gasteiger partial charge in [0.1, 0.15) is 11.8 Å². The lowest BCUT2D eigenvalue weighted by Gasteiger charge is -2.28. The largest absolute Gasteiger partial charge is 0.494 e. The molecular formula is C27H32N4O2S. The molecule has 1 atom stereocenters. The Kier molecular flexibility index (Phi) is 8.06. The lowest BCUT2D eigenvalue weighted by Crippen LogP contribution is -2.27. The third kappa shape index (κ3) is 5.70. The summed E-state index contributed by atoms with van der Waals surface area (Å²) in [4.78, 5) is 17.3. The van der Waals surface area contributed by atoms with E-state index in [0.29, 0.717) is 16.7 Å². The third-order valence-corrected chi connectivity index (χ3v) is 6.79. The van der Waals surface area contributed by atoms with E-state index in [0.717, 1.165) is 35.8 Å². The lowest BCUT2D eigenvalue weighted by atomic mass is 9.93. The predicted molar refractivity (Wildman–Crippen MR) is 137 cm³/mol. The molecule has 1 N–H and O–H groups in total. The van der Waals surface area contributed by atoms with E-state index in [9.17, 15) is 4.79 Å². The summed E-state index contributed by atoms with van der Waals surface area (Å²) < 4.78 is 7.74. The lowest BCUT2D eigenvalue weighted by molar-refractivity contribution is -0.114. The minimum atomic E-state index is -0.328. The van der Waals surface area contributed by atoms with Crippen LogP contribution in [0.25, 0.3) is 0 Å². The van der Waals surface area contributed by atoms with Crippen molar-refractivity contribution in [1.82, 2.24) is 14.8 Å². The van der Waals surface area contributed by atoms with Crippen LogP contribution < -0.4 is 10.1 Å². The Morgan fingerprint density at radius 3 is 2.56 bits per heavy atom. The van der Waals surface area contributed by atoms with Crippen molar-refractivity contribution < 1.29 is 9.53 Å². The van der Waals surface area contributed by atoms with Crippen LogP contribution in [0.5, 0.6) is 5.75 Å². The molecule has 2 heterocycles. The summed E-state index contributed by atoms with van der Waals surface area (Å²) in [6.07, 6.45) is 4.71. The summed E-state index contributed by atoms with van der Waals surface area (Å²) in [6.45, 7) is 6.46. The van der Waals surface area contributed by atoms with Gasteiger partial charge in [-0.05, 0) is 43.5 Å². The normalized spacial score (nSPS) is 15.1. The quantitative estimate of drug-likeness (QED) is 0.255. The summed E-state index contributed by atoms with van der Waals surface area (Å²) in [5.41, 5.74) is 3.71. The van der Waals surface area contributed by atoms with Crippen LogP contribution in [-0.4, -0.2) is 27.2 Å². The van der Waals surface area contributed by atoms with Crippen molar-refractivity contribution in [2.24, 2.45) is 0 Å². The van der Waals surface area contributed by atoms with Crippen molar-refractivity contribution in [1.29, 1.82) is 0 Å². The molecular weight excluding hydrogens is 444 g/mol. The number of carbonyl (C=O) groups is 1. The number of anilines is 1. The highest BCUT2D eigenvalue weighted by Gasteiger charge is 2.32. The topological polar surface area (TPSA) is 69.0 Å². The number of nitrogens with zero attached hydrogens (tertiary/aromatic N) is 3. The molecule has 4 rings (SSSR count). The first-order chi connectivity index (χ1) is 16.6. The maximum absolute atomic E-state index is 12.6. The molecule has 1 aliphatic heterocycles. The highest BCUT2D eigenvalue weighted by Crippen LogP contribution is 2.37. The molecule has 2 aromatic carbocycles. The van der Waals surface area contributed by atoms with Gasteiger partial charge in [-0.3, -0.25) is 4.79 Å². The number of benzene rings is 2. The van der Waals surface area contributed by atoms with Gasteiger partial charge >= 0.3 is 0 Å². The van der Waals surface area contributed by atoms with Gasteiger partial charge in [0.15, 0.2) is 5.78 Å². The minimum Gasteiger partial charge on any atom is -0.494 e. The smallest absolute Gasteiger partial charge is 0.227 e. The summed E-state index contributed by atoms with van der Waals surface area (Å²) in [6, 6.07) is 17.9. The molecule has 6 nitrogen and oxygen atoms in total. The number of nitrogens with one attached hydrogen (secondary N) is 1. The van der Waals surface area contributed by atoms with Gasteiger partial charge in [-0.2, -0.15) is 4.98 Å². The van der Waals surface area contributed by atoms with Crippen molar-refractivity contribution in [3.8, 4) is 5.75 Å². The van der Waals surface area contributed by atoms with Gasteiger partial charge < -0.3 is 10.1 Å². The number of ketones is 1. The number of hydrogen-bond donors (Lipinski definition) is 1. The Labute approximate surface area is 205 Å².